The largest absolute Gasteiger partial charge is 0.573 e. The van der Waals surface area contributed by atoms with Crippen molar-refractivity contribution in [1.82, 2.24) is 0 Å². The van der Waals surface area contributed by atoms with Crippen LogP contribution in [0, 0.1) is 0 Å². The second kappa shape index (κ2) is 8.13. The minimum absolute atomic E-state index is 0.0257. The normalized spacial score (nSPS) is 14.0. The molecule has 0 aliphatic carbocycles. The average Bonchev–Trinajstić information content (AvgIpc) is 2.41. The first-order valence-corrected chi connectivity index (χ1v) is 12.2. The van der Waals surface area contributed by atoms with Gasteiger partial charge in [0.15, 0.2) is 0 Å². The zero-order chi connectivity index (χ0) is 23.1. The van der Waals surface area contributed by atoms with Crippen LogP contribution in [0.15, 0.2) is 18.2 Å². The van der Waals surface area contributed by atoms with Crippen LogP contribution in [0.3, 0.4) is 0 Å². The van der Waals surface area contributed by atoms with Gasteiger partial charge in [-0.25, -0.2) is 0 Å². The molecule has 1 aromatic carbocycles. The van der Waals surface area contributed by atoms with Crippen LogP contribution in [0.25, 0.3) is 0 Å². The molecule has 0 aliphatic heterocycles. The fourth-order valence-corrected chi connectivity index (χ4v) is 2.94. The average molecular weight is 436 g/mol. The molecule has 0 spiro atoms. The van der Waals surface area contributed by atoms with Crippen molar-refractivity contribution in [3.8, 4) is 11.5 Å². The third kappa shape index (κ3) is 7.20. The molecule has 0 unspecified atom stereocenters. The Balaban J connectivity index is 3.34. The molecule has 0 amide bonds. The van der Waals surface area contributed by atoms with Crippen molar-refractivity contribution in [1.29, 1.82) is 0 Å². The van der Waals surface area contributed by atoms with E-state index in [-0.39, 0.29) is 16.3 Å². The van der Waals surface area contributed by atoms with Crippen LogP contribution in [-0.4, -0.2) is 43.1 Å². The highest BCUT2D eigenvalue weighted by molar-refractivity contribution is 6.74. The van der Waals surface area contributed by atoms with Crippen LogP contribution in [0.2, 0.25) is 18.1 Å². The summed E-state index contributed by atoms with van der Waals surface area (Å²) in [5, 5.41) is 20.5. The Hall–Kier alpha value is -1.23. The molecule has 0 saturated heterocycles. The van der Waals surface area contributed by atoms with Gasteiger partial charge < -0.3 is 23.9 Å². The first-order valence-electron chi connectivity index (χ1n) is 9.33. The lowest BCUT2D eigenvalue weighted by Crippen LogP contribution is -2.53. The van der Waals surface area contributed by atoms with E-state index in [4.69, 9.17) is 9.08 Å². The van der Waals surface area contributed by atoms with Crippen LogP contribution < -0.4 is 14.6 Å². The Kier molecular flexibility index (Phi) is 7.23. The molecule has 0 heterocycles. The molecular weight excluding hydrogens is 404 g/mol. The van der Waals surface area contributed by atoms with E-state index in [2.05, 4.69) is 4.74 Å². The SMILES string of the molecule is CC(C)(O)C(C)(C)OB(O)c1cc(OC(F)(F)F)cc(O[Si](C)(C)C(C)(C)C)c1. The Bertz CT molecular complexity index is 709. The van der Waals surface area contributed by atoms with E-state index >= 15 is 0 Å². The van der Waals surface area contributed by atoms with Gasteiger partial charge in [0, 0.05) is 6.07 Å². The van der Waals surface area contributed by atoms with E-state index in [1.165, 1.54) is 19.9 Å². The van der Waals surface area contributed by atoms with Gasteiger partial charge in [0.1, 0.15) is 11.5 Å². The van der Waals surface area contributed by atoms with Gasteiger partial charge in [0.25, 0.3) is 0 Å². The first kappa shape index (κ1) is 25.8. The molecular formula is C19H32BF3O5Si. The number of hydrogen-bond acceptors (Lipinski definition) is 5. The third-order valence-corrected chi connectivity index (χ3v) is 9.84. The predicted molar refractivity (Wildman–Crippen MR) is 110 cm³/mol. The lowest BCUT2D eigenvalue weighted by Gasteiger charge is -2.38. The van der Waals surface area contributed by atoms with Crippen molar-refractivity contribution in [2.75, 3.05) is 0 Å². The molecule has 0 bridgehead atoms. The maximum absolute atomic E-state index is 12.8. The second-order valence-corrected chi connectivity index (χ2v) is 14.4. The standard InChI is InChI=1S/C19H32BF3O5Si/c1-16(2,3)29(8,9)27-15-11-13(10-14(12-15)26-19(21,22)23)20(25)28-18(6,7)17(4,5)24/h10-12,24-25H,1-9H3. The summed E-state index contributed by atoms with van der Waals surface area (Å²) in [5.74, 6) is -0.371. The molecule has 0 saturated carbocycles. The Morgan fingerprint density at radius 2 is 1.38 bits per heavy atom. The van der Waals surface area contributed by atoms with Gasteiger partial charge in [-0.2, -0.15) is 0 Å². The highest BCUT2D eigenvalue weighted by Crippen LogP contribution is 2.38. The van der Waals surface area contributed by atoms with E-state index in [0.29, 0.717) is 0 Å². The summed E-state index contributed by atoms with van der Waals surface area (Å²) in [6.07, 6.45) is -4.90. The number of hydrogen-bond donors (Lipinski definition) is 2. The Morgan fingerprint density at radius 3 is 1.79 bits per heavy atom. The predicted octanol–water partition coefficient (Wildman–Crippen LogP) is 4.22. The van der Waals surface area contributed by atoms with Gasteiger partial charge in [-0.15, -0.1) is 13.2 Å². The van der Waals surface area contributed by atoms with E-state index in [1.54, 1.807) is 13.8 Å². The summed E-state index contributed by atoms with van der Waals surface area (Å²) in [6.45, 7) is 16.1. The summed E-state index contributed by atoms with van der Waals surface area (Å²) in [7, 11) is -3.96. The minimum Gasteiger partial charge on any atom is -0.543 e. The molecule has 0 aliphatic rings. The van der Waals surface area contributed by atoms with Crippen molar-refractivity contribution >= 4 is 20.9 Å². The van der Waals surface area contributed by atoms with E-state index in [9.17, 15) is 23.3 Å². The number of rotatable bonds is 7. The fraction of sp³-hybridized carbons (Fsp3) is 0.684. The van der Waals surface area contributed by atoms with Crippen molar-refractivity contribution in [2.24, 2.45) is 0 Å². The summed E-state index contributed by atoms with van der Waals surface area (Å²) in [6, 6.07) is 3.61. The van der Waals surface area contributed by atoms with Crippen LogP contribution in [0.4, 0.5) is 13.2 Å². The van der Waals surface area contributed by atoms with Crippen LogP contribution in [0.1, 0.15) is 48.5 Å². The number of aliphatic hydroxyl groups is 1. The van der Waals surface area contributed by atoms with Crippen LogP contribution >= 0.6 is 0 Å². The number of ether oxygens (including phenoxy) is 1. The van der Waals surface area contributed by atoms with E-state index in [1.807, 2.05) is 33.9 Å². The third-order valence-electron chi connectivity index (χ3n) is 5.48. The zero-order valence-corrected chi connectivity index (χ0v) is 19.6. The van der Waals surface area contributed by atoms with E-state index < -0.39 is 38.7 Å². The smallest absolute Gasteiger partial charge is 0.543 e. The van der Waals surface area contributed by atoms with E-state index in [0.717, 1.165) is 12.1 Å². The van der Waals surface area contributed by atoms with Gasteiger partial charge in [-0.05, 0) is 63.4 Å². The van der Waals surface area contributed by atoms with Crippen molar-refractivity contribution in [3.05, 3.63) is 18.2 Å². The lowest BCUT2D eigenvalue weighted by molar-refractivity contribution is -0.274. The van der Waals surface area contributed by atoms with Crippen molar-refractivity contribution in [3.63, 3.8) is 0 Å². The maximum atomic E-state index is 12.8. The van der Waals surface area contributed by atoms with Gasteiger partial charge in [-0.3, -0.25) is 0 Å². The molecule has 0 radical (unpaired) electrons. The maximum Gasteiger partial charge on any atom is 0.573 e. The van der Waals surface area contributed by atoms with Gasteiger partial charge >= 0.3 is 13.5 Å². The molecule has 0 atom stereocenters. The fourth-order valence-electron chi connectivity index (χ4n) is 1.93. The van der Waals surface area contributed by atoms with Crippen LogP contribution in [-0.2, 0) is 4.65 Å². The molecule has 10 heteroatoms. The number of alkyl halides is 3. The molecule has 0 fully saturated rings. The molecule has 166 valence electrons. The topological polar surface area (TPSA) is 68.2 Å². The molecule has 1 aromatic rings. The van der Waals surface area contributed by atoms with Gasteiger partial charge in [-0.1, -0.05) is 20.8 Å². The lowest BCUT2D eigenvalue weighted by atomic mass is 9.76. The molecule has 0 aromatic heterocycles. The highest BCUT2D eigenvalue weighted by atomic mass is 28.4. The van der Waals surface area contributed by atoms with Crippen molar-refractivity contribution < 1.29 is 37.1 Å². The second-order valence-electron chi connectivity index (χ2n) is 9.69. The van der Waals surface area contributed by atoms with Crippen LogP contribution in [0.5, 0.6) is 11.5 Å². The Morgan fingerprint density at radius 1 is 0.897 bits per heavy atom. The molecule has 29 heavy (non-hydrogen) atoms. The first-order chi connectivity index (χ1) is 12.6. The molecule has 1 rings (SSSR count). The zero-order valence-electron chi connectivity index (χ0n) is 18.6. The van der Waals surface area contributed by atoms with Gasteiger partial charge in [0.05, 0.1) is 11.2 Å². The minimum atomic E-state index is -4.90. The summed E-state index contributed by atoms with van der Waals surface area (Å²) >= 11 is 0. The number of benzene rings is 1. The van der Waals surface area contributed by atoms with Crippen molar-refractivity contribution in [2.45, 2.75) is 84.2 Å². The monoisotopic (exact) mass is 436 g/mol. The highest BCUT2D eigenvalue weighted by Gasteiger charge is 2.41. The molecule has 2 N–H and O–H groups in total. The quantitative estimate of drug-likeness (QED) is 0.627. The molecule has 5 nitrogen and oxygen atoms in total. The van der Waals surface area contributed by atoms with Gasteiger partial charge in [0.2, 0.25) is 8.32 Å². The summed E-state index contributed by atoms with van der Waals surface area (Å²) < 4.78 is 54.0. The summed E-state index contributed by atoms with van der Waals surface area (Å²) in [5.41, 5.74) is -2.47. The Labute approximate surface area is 172 Å². The summed E-state index contributed by atoms with van der Waals surface area (Å²) in [4.78, 5) is 0. The number of halogens is 3.